The summed E-state index contributed by atoms with van der Waals surface area (Å²) in [5, 5.41) is 0.678. The normalized spacial score (nSPS) is 14.2. The first-order valence-electron chi connectivity index (χ1n) is 7.54. The number of para-hydroxylation sites is 1. The third-order valence-electron chi connectivity index (χ3n) is 4.34. The van der Waals surface area contributed by atoms with Gasteiger partial charge in [-0.1, -0.05) is 24.3 Å². The minimum Gasteiger partial charge on any atom is -0.266 e. The Hall–Kier alpha value is -2.40. The van der Waals surface area contributed by atoms with Crippen molar-refractivity contribution in [1.82, 2.24) is 4.98 Å². The Morgan fingerprint density at radius 3 is 2.74 bits per heavy atom. The van der Waals surface area contributed by atoms with Crippen LogP contribution in [0.1, 0.15) is 11.1 Å². The molecular formula is C18H16N2O2S. The molecule has 0 saturated heterocycles. The summed E-state index contributed by atoms with van der Waals surface area (Å²) in [6, 6.07) is 14.8. The first kappa shape index (κ1) is 14.2. The number of rotatable bonds is 2. The Morgan fingerprint density at radius 2 is 1.87 bits per heavy atom. The van der Waals surface area contributed by atoms with Crippen LogP contribution in [0.2, 0.25) is 0 Å². The van der Waals surface area contributed by atoms with Crippen molar-refractivity contribution in [3.8, 4) is 0 Å². The second-order valence-electron chi connectivity index (χ2n) is 5.74. The first-order chi connectivity index (χ1) is 11.1. The Labute approximate surface area is 135 Å². The molecule has 23 heavy (non-hydrogen) atoms. The van der Waals surface area contributed by atoms with E-state index in [1.165, 1.54) is 4.31 Å². The molecule has 2 aromatic carbocycles. The maximum absolute atomic E-state index is 13.2. The molecule has 0 spiro atoms. The van der Waals surface area contributed by atoms with Crippen LogP contribution in [0, 0.1) is 6.92 Å². The molecule has 0 N–H and O–H groups in total. The second-order valence-corrected chi connectivity index (χ2v) is 7.57. The van der Waals surface area contributed by atoms with Crippen molar-refractivity contribution in [3.05, 3.63) is 65.9 Å². The molecule has 1 aliphatic rings. The number of aromatic nitrogens is 1. The largest absolute Gasteiger partial charge is 0.266 e. The zero-order valence-corrected chi connectivity index (χ0v) is 13.5. The molecule has 0 amide bonds. The van der Waals surface area contributed by atoms with Crippen LogP contribution in [0.3, 0.4) is 0 Å². The number of sulfonamides is 1. The number of hydrogen-bond acceptors (Lipinski definition) is 3. The lowest BCUT2D eigenvalue weighted by molar-refractivity contribution is 0.593. The molecule has 3 aromatic rings. The van der Waals surface area contributed by atoms with Crippen LogP contribution in [-0.4, -0.2) is 19.9 Å². The van der Waals surface area contributed by atoms with Crippen LogP contribution >= 0.6 is 0 Å². The molecule has 5 heteroatoms. The fraction of sp³-hybridized carbons (Fsp3) is 0.167. The molecular weight excluding hydrogens is 308 g/mol. The van der Waals surface area contributed by atoms with Gasteiger partial charge in [-0.2, -0.15) is 0 Å². The maximum atomic E-state index is 13.2. The minimum atomic E-state index is -3.60. The van der Waals surface area contributed by atoms with Gasteiger partial charge in [0.25, 0.3) is 10.0 Å². The van der Waals surface area contributed by atoms with Crippen molar-refractivity contribution in [2.75, 3.05) is 10.8 Å². The van der Waals surface area contributed by atoms with Crippen LogP contribution < -0.4 is 4.31 Å². The molecule has 2 heterocycles. The summed E-state index contributed by atoms with van der Waals surface area (Å²) in [5.41, 5.74) is 3.57. The number of benzene rings is 2. The van der Waals surface area contributed by atoms with E-state index in [2.05, 4.69) is 4.98 Å². The molecule has 0 fully saturated rings. The number of anilines is 1. The highest BCUT2D eigenvalue weighted by Gasteiger charge is 2.31. The van der Waals surface area contributed by atoms with Gasteiger partial charge >= 0.3 is 0 Å². The number of aryl methyl sites for hydroxylation is 1. The number of nitrogens with zero attached hydrogens (tertiary/aromatic N) is 2. The fourth-order valence-corrected chi connectivity index (χ4v) is 4.88. The Kier molecular flexibility index (Phi) is 3.13. The lowest BCUT2D eigenvalue weighted by Crippen LogP contribution is -2.29. The quantitative estimate of drug-likeness (QED) is 0.727. The SMILES string of the molecule is Cc1ccc(S(=O)(=O)N2CCc3ccccc32)c2cccnc12. The van der Waals surface area contributed by atoms with Crippen molar-refractivity contribution in [2.45, 2.75) is 18.2 Å². The van der Waals surface area contributed by atoms with E-state index in [1.54, 1.807) is 18.3 Å². The van der Waals surface area contributed by atoms with Crippen molar-refractivity contribution < 1.29 is 8.42 Å². The van der Waals surface area contributed by atoms with E-state index in [4.69, 9.17) is 0 Å². The number of fused-ring (bicyclic) bond motifs is 2. The highest BCUT2D eigenvalue weighted by Crippen LogP contribution is 2.35. The van der Waals surface area contributed by atoms with Gasteiger partial charge in [0.05, 0.1) is 16.1 Å². The summed E-state index contributed by atoms with van der Waals surface area (Å²) < 4.78 is 28.0. The van der Waals surface area contributed by atoms with E-state index in [0.717, 1.165) is 28.8 Å². The van der Waals surface area contributed by atoms with E-state index >= 15 is 0 Å². The molecule has 0 unspecified atom stereocenters. The summed E-state index contributed by atoms with van der Waals surface area (Å²) in [4.78, 5) is 4.67. The molecule has 0 atom stereocenters. The Bertz CT molecular complexity index is 1010. The average Bonchev–Trinajstić information content (AvgIpc) is 3.00. The smallest absolute Gasteiger partial charge is 0.265 e. The summed E-state index contributed by atoms with van der Waals surface area (Å²) in [7, 11) is -3.60. The minimum absolute atomic E-state index is 0.322. The predicted octanol–water partition coefficient (Wildman–Crippen LogP) is 3.29. The van der Waals surface area contributed by atoms with Gasteiger partial charge in [0.15, 0.2) is 0 Å². The van der Waals surface area contributed by atoms with Gasteiger partial charge in [-0.05, 0) is 48.7 Å². The van der Waals surface area contributed by atoms with Crippen LogP contribution in [0.5, 0.6) is 0 Å². The molecule has 1 aromatic heterocycles. The zero-order valence-electron chi connectivity index (χ0n) is 12.7. The van der Waals surface area contributed by atoms with Gasteiger partial charge in [-0.25, -0.2) is 8.42 Å². The summed E-state index contributed by atoms with van der Waals surface area (Å²) in [6.07, 6.45) is 2.44. The third-order valence-corrected chi connectivity index (χ3v) is 6.22. The molecule has 116 valence electrons. The zero-order chi connectivity index (χ0) is 16.0. The number of pyridine rings is 1. The molecule has 0 bridgehead atoms. The molecule has 4 rings (SSSR count). The number of hydrogen-bond donors (Lipinski definition) is 0. The summed E-state index contributed by atoms with van der Waals surface area (Å²) in [5.74, 6) is 0. The van der Waals surface area contributed by atoms with Gasteiger partial charge in [-0.15, -0.1) is 0 Å². The van der Waals surface area contributed by atoms with Gasteiger partial charge < -0.3 is 0 Å². The van der Waals surface area contributed by atoms with Gasteiger partial charge in [0.1, 0.15) is 0 Å². The third kappa shape index (κ3) is 2.11. The molecule has 0 saturated carbocycles. The lowest BCUT2D eigenvalue weighted by atomic mass is 10.1. The van der Waals surface area contributed by atoms with E-state index in [9.17, 15) is 8.42 Å². The topological polar surface area (TPSA) is 50.3 Å². The van der Waals surface area contributed by atoms with Gasteiger partial charge in [-0.3, -0.25) is 9.29 Å². The predicted molar refractivity (Wildman–Crippen MR) is 91.2 cm³/mol. The summed E-state index contributed by atoms with van der Waals surface area (Å²) in [6.45, 7) is 2.42. The van der Waals surface area contributed by atoms with Gasteiger partial charge in [0, 0.05) is 18.1 Å². The highest BCUT2D eigenvalue weighted by molar-refractivity contribution is 7.93. The van der Waals surface area contributed by atoms with E-state index in [-0.39, 0.29) is 0 Å². The van der Waals surface area contributed by atoms with E-state index < -0.39 is 10.0 Å². The first-order valence-corrected chi connectivity index (χ1v) is 8.98. The van der Waals surface area contributed by atoms with Crippen LogP contribution in [-0.2, 0) is 16.4 Å². The van der Waals surface area contributed by atoms with Crippen molar-refractivity contribution in [2.24, 2.45) is 0 Å². The van der Waals surface area contributed by atoms with Gasteiger partial charge in [0.2, 0.25) is 0 Å². The molecule has 0 radical (unpaired) electrons. The average molecular weight is 324 g/mol. The molecule has 4 nitrogen and oxygen atoms in total. The maximum Gasteiger partial charge on any atom is 0.265 e. The lowest BCUT2D eigenvalue weighted by Gasteiger charge is -2.20. The van der Waals surface area contributed by atoms with Crippen LogP contribution in [0.15, 0.2) is 59.6 Å². The fourth-order valence-electron chi connectivity index (χ4n) is 3.19. The van der Waals surface area contributed by atoms with E-state index in [1.807, 2.05) is 43.3 Å². The molecule has 1 aliphatic heterocycles. The highest BCUT2D eigenvalue weighted by atomic mass is 32.2. The standard InChI is InChI=1S/C18H16N2O2S/c1-13-8-9-17(15-6-4-11-19-18(13)15)23(21,22)20-12-10-14-5-2-3-7-16(14)20/h2-9,11H,10,12H2,1H3. The van der Waals surface area contributed by atoms with Crippen molar-refractivity contribution in [3.63, 3.8) is 0 Å². The van der Waals surface area contributed by atoms with Crippen LogP contribution in [0.25, 0.3) is 10.9 Å². The van der Waals surface area contributed by atoms with Crippen molar-refractivity contribution >= 4 is 26.6 Å². The second kappa shape index (κ2) is 5.06. The Balaban J connectivity index is 1.93. The van der Waals surface area contributed by atoms with Crippen molar-refractivity contribution in [1.29, 1.82) is 0 Å². The van der Waals surface area contributed by atoms with Crippen LogP contribution in [0.4, 0.5) is 5.69 Å². The summed E-state index contributed by atoms with van der Waals surface area (Å²) >= 11 is 0. The Morgan fingerprint density at radius 1 is 1.04 bits per heavy atom. The monoisotopic (exact) mass is 324 g/mol. The van der Waals surface area contributed by atoms with E-state index in [0.29, 0.717) is 16.8 Å². The molecule has 0 aliphatic carbocycles.